The summed E-state index contributed by atoms with van der Waals surface area (Å²) in [6.45, 7) is 2.81. The van der Waals surface area contributed by atoms with E-state index in [-0.39, 0.29) is 24.0 Å². The molecule has 126 valence electrons. The molecule has 0 radical (unpaired) electrons. The van der Waals surface area contributed by atoms with Crippen LogP contribution >= 0.6 is 0 Å². The van der Waals surface area contributed by atoms with Gasteiger partial charge in [0.05, 0.1) is 17.7 Å². The van der Waals surface area contributed by atoms with Crippen molar-refractivity contribution in [2.75, 3.05) is 36.7 Å². The molecule has 0 spiro atoms. The molecule has 0 saturated carbocycles. The number of hydrogen-bond donors (Lipinski definition) is 0. The third-order valence-corrected chi connectivity index (χ3v) is 5.29. The molecule has 2 heterocycles. The van der Waals surface area contributed by atoms with E-state index in [2.05, 4.69) is 4.90 Å². The van der Waals surface area contributed by atoms with Crippen molar-refractivity contribution in [3.8, 4) is 5.75 Å². The molecule has 0 bridgehead atoms. The summed E-state index contributed by atoms with van der Waals surface area (Å²) in [6, 6.07) is 4.06. The molecule has 3 rings (SSSR count). The summed E-state index contributed by atoms with van der Waals surface area (Å²) in [7, 11) is -3.54. The third kappa shape index (κ3) is 3.40. The van der Waals surface area contributed by atoms with E-state index >= 15 is 0 Å². The second-order valence-electron chi connectivity index (χ2n) is 5.95. The van der Waals surface area contributed by atoms with E-state index < -0.39 is 14.9 Å². The number of rotatable bonds is 4. The maximum atomic E-state index is 12.1. The summed E-state index contributed by atoms with van der Waals surface area (Å²) in [5, 5.41) is 10.9. The zero-order valence-electron chi connectivity index (χ0n) is 12.8. The standard InChI is InChI=1S/C14H19N3O5S/c1-23(20,21)16-10-12(9-15-6-2-3-7-15)22-14-5-4-11(17(18)19)8-13(14)16/h4-5,8,12H,2-3,6-7,9-10H2,1H3. The van der Waals surface area contributed by atoms with Crippen LogP contribution in [0.4, 0.5) is 11.4 Å². The molecule has 1 fully saturated rings. The van der Waals surface area contributed by atoms with Gasteiger partial charge >= 0.3 is 0 Å². The van der Waals surface area contributed by atoms with Crippen molar-refractivity contribution in [1.82, 2.24) is 4.90 Å². The van der Waals surface area contributed by atoms with Crippen molar-refractivity contribution in [2.45, 2.75) is 18.9 Å². The SMILES string of the molecule is CS(=O)(=O)N1CC(CN2CCCC2)Oc2ccc([N+](=O)[O-])cc21. The highest BCUT2D eigenvalue weighted by Gasteiger charge is 2.33. The van der Waals surface area contributed by atoms with Gasteiger partial charge < -0.3 is 4.74 Å². The number of nitro benzene ring substituents is 1. The Morgan fingerprint density at radius 2 is 2.04 bits per heavy atom. The van der Waals surface area contributed by atoms with Gasteiger partial charge in [-0.1, -0.05) is 0 Å². The molecule has 0 aliphatic carbocycles. The van der Waals surface area contributed by atoms with Gasteiger partial charge in [0.2, 0.25) is 10.0 Å². The van der Waals surface area contributed by atoms with Crippen LogP contribution in [0.25, 0.3) is 0 Å². The van der Waals surface area contributed by atoms with Crippen LogP contribution in [0.3, 0.4) is 0 Å². The number of nitro groups is 1. The minimum Gasteiger partial charge on any atom is -0.485 e. The molecule has 1 saturated heterocycles. The highest BCUT2D eigenvalue weighted by atomic mass is 32.2. The van der Waals surface area contributed by atoms with Crippen molar-refractivity contribution in [3.63, 3.8) is 0 Å². The summed E-state index contributed by atoms with van der Waals surface area (Å²) in [5.41, 5.74) is 0.0818. The fourth-order valence-electron chi connectivity index (χ4n) is 3.08. The molecule has 0 N–H and O–H groups in total. The average molecular weight is 341 g/mol. The van der Waals surface area contributed by atoms with Crippen LogP contribution in [-0.2, 0) is 10.0 Å². The number of non-ortho nitro benzene ring substituents is 1. The van der Waals surface area contributed by atoms with E-state index in [9.17, 15) is 18.5 Å². The fourth-order valence-corrected chi connectivity index (χ4v) is 4.01. The molecule has 2 aliphatic rings. The van der Waals surface area contributed by atoms with Crippen LogP contribution in [0.1, 0.15) is 12.8 Å². The van der Waals surface area contributed by atoms with E-state index in [0.717, 1.165) is 32.2 Å². The van der Waals surface area contributed by atoms with Crippen molar-refractivity contribution in [2.24, 2.45) is 0 Å². The smallest absolute Gasteiger partial charge is 0.271 e. The van der Waals surface area contributed by atoms with Gasteiger partial charge in [-0.2, -0.15) is 0 Å². The zero-order valence-corrected chi connectivity index (χ0v) is 13.7. The molecule has 8 nitrogen and oxygen atoms in total. The topological polar surface area (TPSA) is 93.0 Å². The Labute approximate surface area is 134 Å². The normalized spacial score (nSPS) is 21.8. The highest BCUT2D eigenvalue weighted by molar-refractivity contribution is 7.92. The minimum atomic E-state index is -3.54. The van der Waals surface area contributed by atoms with Gasteiger partial charge in [0, 0.05) is 18.7 Å². The fraction of sp³-hybridized carbons (Fsp3) is 0.571. The van der Waals surface area contributed by atoms with Gasteiger partial charge in [0.15, 0.2) is 0 Å². The second kappa shape index (κ2) is 5.97. The first-order chi connectivity index (χ1) is 10.8. The maximum Gasteiger partial charge on any atom is 0.271 e. The largest absolute Gasteiger partial charge is 0.485 e. The number of anilines is 1. The van der Waals surface area contributed by atoms with Gasteiger partial charge in [0.1, 0.15) is 17.5 Å². The Balaban J connectivity index is 1.91. The van der Waals surface area contributed by atoms with Gasteiger partial charge in [0.25, 0.3) is 5.69 Å². The molecule has 1 unspecified atom stereocenters. The molecule has 1 atom stereocenters. The quantitative estimate of drug-likeness (QED) is 0.604. The lowest BCUT2D eigenvalue weighted by atomic mass is 10.2. The molecular weight excluding hydrogens is 322 g/mol. The molecule has 0 amide bonds. The Kier molecular flexibility index (Phi) is 4.15. The summed E-state index contributed by atoms with van der Waals surface area (Å²) >= 11 is 0. The molecule has 23 heavy (non-hydrogen) atoms. The first-order valence-corrected chi connectivity index (χ1v) is 9.34. The zero-order chi connectivity index (χ0) is 16.6. The van der Waals surface area contributed by atoms with E-state index in [1.54, 1.807) is 0 Å². The minimum absolute atomic E-state index is 0.154. The Morgan fingerprint density at radius 1 is 1.35 bits per heavy atom. The molecule has 2 aliphatic heterocycles. The predicted octanol–water partition coefficient (Wildman–Crippen LogP) is 1.22. The van der Waals surface area contributed by atoms with Crippen LogP contribution in [-0.4, -0.2) is 56.8 Å². The second-order valence-corrected chi connectivity index (χ2v) is 7.86. The highest BCUT2D eigenvalue weighted by Crippen LogP contribution is 2.37. The van der Waals surface area contributed by atoms with Crippen LogP contribution in [0.2, 0.25) is 0 Å². The number of nitrogens with zero attached hydrogens (tertiary/aromatic N) is 3. The van der Waals surface area contributed by atoms with Crippen molar-refractivity contribution >= 4 is 21.4 Å². The molecular formula is C14H19N3O5S. The van der Waals surface area contributed by atoms with Gasteiger partial charge in [-0.25, -0.2) is 8.42 Å². The van der Waals surface area contributed by atoms with Crippen LogP contribution in [0.15, 0.2) is 18.2 Å². The number of sulfonamides is 1. The summed E-state index contributed by atoms with van der Waals surface area (Å²) < 4.78 is 31.3. The van der Waals surface area contributed by atoms with Gasteiger partial charge in [-0.05, 0) is 32.0 Å². The number of benzene rings is 1. The van der Waals surface area contributed by atoms with Crippen molar-refractivity contribution < 1.29 is 18.1 Å². The Hall–Kier alpha value is -1.87. The molecule has 1 aromatic rings. The van der Waals surface area contributed by atoms with Crippen LogP contribution in [0.5, 0.6) is 5.75 Å². The summed E-state index contributed by atoms with van der Waals surface area (Å²) in [6.07, 6.45) is 3.11. The van der Waals surface area contributed by atoms with Crippen LogP contribution < -0.4 is 9.04 Å². The van der Waals surface area contributed by atoms with E-state index in [1.165, 1.54) is 22.5 Å². The number of fused-ring (bicyclic) bond motifs is 1. The van der Waals surface area contributed by atoms with Crippen LogP contribution in [0, 0.1) is 10.1 Å². The first-order valence-electron chi connectivity index (χ1n) is 7.50. The predicted molar refractivity (Wildman–Crippen MR) is 85.4 cm³/mol. The molecule has 1 aromatic carbocycles. The Morgan fingerprint density at radius 3 is 2.65 bits per heavy atom. The number of ether oxygens (including phenoxy) is 1. The third-order valence-electron chi connectivity index (χ3n) is 4.15. The van der Waals surface area contributed by atoms with E-state index in [4.69, 9.17) is 4.74 Å². The average Bonchev–Trinajstić information content (AvgIpc) is 2.97. The molecule has 0 aromatic heterocycles. The summed E-state index contributed by atoms with van der Waals surface area (Å²) in [4.78, 5) is 12.6. The number of hydrogen-bond acceptors (Lipinski definition) is 6. The monoisotopic (exact) mass is 341 g/mol. The lowest BCUT2D eigenvalue weighted by Gasteiger charge is -2.36. The lowest BCUT2D eigenvalue weighted by molar-refractivity contribution is -0.384. The van der Waals surface area contributed by atoms with E-state index in [1.807, 2.05) is 0 Å². The lowest BCUT2D eigenvalue weighted by Crippen LogP contribution is -2.47. The van der Waals surface area contributed by atoms with Crippen molar-refractivity contribution in [3.05, 3.63) is 28.3 Å². The first kappa shape index (κ1) is 16.0. The molecule has 9 heteroatoms. The van der Waals surface area contributed by atoms with Gasteiger partial charge in [-0.15, -0.1) is 0 Å². The van der Waals surface area contributed by atoms with Gasteiger partial charge in [-0.3, -0.25) is 19.3 Å². The van der Waals surface area contributed by atoms with E-state index in [0.29, 0.717) is 12.3 Å². The van der Waals surface area contributed by atoms with Crippen molar-refractivity contribution in [1.29, 1.82) is 0 Å². The maximum absolute atomic E-state index is 12.1. The Bertz CT molecular complexity index is 715. The number of likely N-dealkylation sites (tertiary alicyclic amines) is 1. The summed E-state index contributed by atoms with van der Waals surface area (Å²) in [5.74, 6) is 0.372.